The summed E-state index contributed by atoms with van der Waals surface area (Å²) in [5, 5.41) is 9.84. The maximum atomic E-state index is 9.84. The van der Waals surface area contributed by atoms with Crippen molar-refractivity contribution in [3.63, 3.8) is 0 Å². The monoisotopic (exact) mass is 233 g/mol. The van der Waals surface area contributed by atoms with Gasteiger partial charge < -0.3 is 10.0 Å². The molecule has 2 rings (SSSR count). The van der Waals surface area contributed by atoms with Gasteiger partial charge in [-0.2, -0.15) is 0 Å². The van der Waals surface area contributed by atoms with E-state index in [-0.39, 0.29) is 0 Å². The molecule has 0 radical (unpaired) electrons. The first kappa shape index (κ1) is 12.4. The number of benzene rings is 1. The van der Waals surface area contributed by atoms with Crippen LogP contribution in [0.3, 0.4) is 0 Å². The van der Waals surface area contributed by atoms with Crippen molar-refractivity contribution in [2.75, 3.05) is 18.0 Å². The van der Waals surface area contributed by atoms with Crippen LogP contribution in [0.15, 0.2) is 24.3 Å². The van der Waals surface area contributed by atoms with Gasteiger partial charge in [-0.1, -0.05) is 32.0 Å². The second-order valence-corrected chi connectivity index (χ2v) is 5.92. The molecule has 94 valence electrons. The number of hydrogen-bond acceptors (Lipinski definition) is 2. The van der Waals surface area contributed by atoms with Crippen molar-refractivity contribution in [1.82, 2.24) is 0 Å². The van der Waals surface area contributed by atoms with Gasteiger partial charge in [-0.05, 0) is 31.2 Å². The van der Waals surface area contributed by atoms with Crippen molar-refractivity contribution in [2.45, 2.75) is 39.7 Å². The van der Waals surface area contributed by atoms with Gasteiger partial charge in [0.05, 0.1) is 6.10 Å². The third-order valence-corrected chi connectivity index (χ3v) is 3.63. The molecule has 0 bridgehead atoms. The second kappa shape index (κ2) is 4.69. The average Bonchev–Trinajstić information content (AvgIpc) is 2.27. The minimum atomic E-state index is -0.392. The Morgan fingerprint density at radius 3 is 2.65 bits per heavy atom. The molecule has 1 aromatic rings. The van der Waals surface area contributed by atoms with Crippen molar-refractivity contribution in [3.05, 3.63) is 29.8 Å². The maximum Gasteiger partial charge on any atom is 0.0781 e. The molecule has 0 aromatic heterocycles. The fourth-order valence-electron chi connectivity index (χ4n) is 2.76. The van der Waals surface area contributed by atoms with E-state index < -0.39 is 6.10 Å². The van der Waals surface area contributed by atoms with Crippen LogP contribution in [-0.2, 0) is 0 Å². The zero-order valence-corrected chi connectivity index (χ0v) is 11.1. The summed E-state index contributed by atoms with van der Waals surface area (Å²) in [6.45, 7) is 8.67. The molecule has 1 aliphatic heterocycles. The standard InChI is InChI=1S/C15H23NO/c1-12(17)13-7-4-5-8-14(13)16-10-6-9-15(2,3)11-16/h4-5,7-8,12,17H,6,9-11H2,1-3H3/t12-/m0/s1. The smallest absolute Gasteiger partial charge is 0.0781 e. The second-order valence-electron chi connectivity index (χ2n) is 5.92. The van der Waals surface area contributed by atoms with Crippen LogP contribution in [-0.4, -0.2) is 18.2 Å². The lowest BCUT2D eigenvalue weighted by molar-refractivity contribution is 0.199. The molecule has 0 saturated carbocycles. The van der Waals surface area contributed by atoms with Crippen LogP contribution in [0.5, 0.6) is 0 Å². The molecule has 1 heterocycles. The van der Waals surface area contributed by atoms with Crippen LogP contribution in [0, 0.1) is 5.41 Å². The molecule has 2 heteroatoms. The van der Waals surface area contributed by atoms with Crippen molar-refractivity contribution >= 4 is 5.69 Å². The summed E-state index contributed by atoms with van der Waals surface area (Å²) >= 11 is 0. The van der Waals surface area contributed by atoms with Crippen LogP contribution < -0.4 is 4.90 Å². The zero-order chi connectivity index (χ0) is 12.5. The van der Waals surface area contributed by atoms with Gasteiger partial charge in [-0.15, -0.1) is 0 Å². The molecule has 0 spiro atoms. The Hall–Kier alpha value is -1.02. The average molecular weight is 233 g/mol. The van der Waals surface area contributed by atoms with E-state index in [9.17, 15) is 5.11 Å². The highest BCUT2D eigenvalue weighted by atomic mass is 16.3. The highest BCUT2D eigenvalue weighted by Gasteiger charge is 2.27. The van der Waals surface area contributed by atoms with Gasteiger partial charge in [0.1, 0.15) is 0 Å². The van der Waals surface area contributed by atoms with Gasteiger partial charge in [0.2, 0.25) is 0 Å². The van der Waals surface area contributed by atoms with E-state index in [4.69, 9.17) is 0 Å². The molecule has 1 aromatic carbocycles. The Morgan fingerprint density at radius 2 is 2.00 bits per heavy atom. The maximum absolute atomic E-state index is 9.84. The molecule has 1 aliphatic rings. The molecule has 1 atom stereocenters. The number of aliphatic hydroxyl groups is 1. The van der Waals surface area contributed by atoms with Gasteiger partial charge >= 0.3 is 0 Å². The van der Waals surface area contributed by atoms with Crippen LogP contribution >= 0.6 is 0 Å². The number of para-hydroxylation sites is 1. The highest BCUT2D eigenvalue weighted by molar-refractivity contribution is 5.55. The minimum absolute atomic E-state index is 0.379. The third-order valence-electron chi connectivity index (χ3n) is 3.63. The fourth-order valence-corrected chi connectivity index (χ4v) is 2.76. The van der Waals surface area contributed by atoms with E-state index in [1.54, 1.807) is 0 Å². The molecule has 1 fully saturated rings. The normalized spacial score (nSPS) is 21.3. The van der Waals surface area contributed by atoms with Gasteiger partial charge in [-0.25, -0.2) is 0 Å². The van der Waals surface area contributed by atoms with Crippen LogP contribution in [0.2, 0.25) is 0 Å². The molecule has 0 amide bonds. The van der Waals surface area contributed by atoms with Crippen LogP contribution in [0.1, 0.15) is 45.3 Å². The SMILES string of the molecule is C[C@H](O)c1ccccc1N1CCCC(C)(C)C1. The summed E-state index contributed by atoms with van der Waals surface area (Å²) in [6, 6.07) is 8.22. The van der Waals surface area contributed by atoms with E-state index in [0.29, 0.717) is 5.41 Å². The number of hydrogen-bond donors (Lipinski definition) is 1. The Kier molecular flexibility index (Phi) is 3.43. The van der Waals surface area contributed by atoms with E-state index in [1.165, 1.54) is 18.5 Å². The number of anilines is 1. The first-order valence-electron chi connectivity index (χ1n) is 6.51. The minimum Gasteiger partial charge on any atom is -0.389 e. The van der Waals surface area contributed by atoms with Gasteiger partial charge in [0, 0.05) is 24.3 Å². The number of rotatable bonds is 2. The van der Waals surface area contributed by atoms with Gasteiger partial charge in [0.15, 0.2) is 0 Å². The summed E-state index contributed by atoms with van der Waals surface area (Å²) in [6.07, 6.45) is 2.14. The Bertz CT molecular complexity index is 384. The topological polar surface area (TPSA) is 23.5 Å². The largest absolute Gasteiger partial charge is 0.389 e. The molecule has 0 unspecified atom stereocenters. The van der Waals surface area contributed by atoms with Crippen LogP contribution in [0.25, 0.3) is 0 Å². The molecule has 0 aliphatic carbocycles. The number of aliphatic hydroxyl groups excluding tert-OH is 1. The quantitative estimate of drug-likeness (QED) is 0.846. The molecule has 1 N–H and O–H groups in total. The van der Waals surface area contributed by atoms with E-state index >= 15 is 0 Å². The number of piperidine rings is 1. The molecule has 1 saturated heterocycles. The molecule has 17 heavy (non-hydrogen) atoms. The summed E-state index contributed by atoms with van der Waals surface area (Å²) in [7, 11) is 0. The highest BCUT2D eigenvalue weighted by Crippen LogP contribution is 2.34. The molecular weight excluding hydrogens is 210 g/mol. The van der Waals surface area contributed by atoms with E-state index in [1.807, 2.05) is 19.1 Å². The lowest BCUT2D eigenvalue weighted by atomic mass is 9.83. The third kappa shape index (κ3) is 2.81. The van der Waals surface area contributed by atoms with Gasteiger partial charge in [0.25, 0.3) is 0 Å². The first-order chi connectivity index (χ1) is 7.99. The predicted molar refractivity (Wildman–Crippen MR) is 72.3 cm³/mol. The van der Waals surface area contributed by atoms with E-state index in [0.717, 1.165) is 18.7 Å². The summed E-state index contributed by atoms with van der Waals surface area (Å²) in [5.74, 6) is 0. The summed E-state index contributed by atoms with van der Waals surface area (Å²) < 4.78 is 0. The Balaban J connectivity index is 2.27. The summed E-state index contributed by atoms with van der Waals surface area (Å²) in [5.41, 5.74) is 2.63. The first-order valence-corrected chi connectivity index (χ1v) is 6.51. The van der Waals surface area contributed by atoms with Crippen molar-refractivity contribution in [1.29, 1.82) is 0 Å². The predicted octanol–water partition coefficient (Wildman–Crippen LogP) is 3.37. The lowest BCUT2D eigenvalue weighted by Crippen LogP contribution is -2.40. The lowest BCUT2D eigenvalue weighted by Gasteiger charge is -2.40. The summed E-state index contributed by atoms with van der Waals surface area (Å²) in [4.78, 5) is 2.42. The Labute approximate surface area is 104 Å². The fraction of sp³-hybridized carbons (Fsp3) is 0.600. The van der Waals surface area contributed by atoms with Crippen molar-refractivity contribution < 1.29 is 5.11 Å². The molecule has 2 nitrogen and oxygen atoms in total. The van der Waals surface area contributed by atoms with Gasteiger partial charge in [-0.3, -0.25) is 0 Å². The Morgan fingerprint density at radius 1 is 1.29 bits per heavy atom. The van der Waals surface area contributed by atoms with E-state index in [2.05, 4.69) is 30.9 Å². The van der Waals surface area contributed by atoms with Crippen LogP contribution in [0.4, 0.5) is 5.69 Å². The molecular formula is C15H23NO. The number of nitrogens with zero attached hydrogens (tertiary/aromatic N) is 1. The van der Waals surface area contributed by atoms with Crippen molar-refractivity contribution in [2.24, 2.45) is 5.41 Å². The van der Waals surface area contributed by atoms with Crippen molar-refractivity contribution in [3.8, 4) is 0 Å². The zero-order valence-electron chi connectivity index (χ0n) is 11.1.